The van der Waals surface area contributed by atoms with Gasteiger partial charge in [-0.25, -0.2) is 0 Å². The highest BCUT2D eigenvalue weighted by Gasteiger charge is 2.02. The molecule has 0 unspecified atom stereocenters. The van der Waals surface area contributed by atoms with Crippen LogP contribution >= 0.6 is 0 Å². The van der Waals surface area contributed by atoms with E-state index in [0.29, 0.717) is 5.92 Å². The fourth-order valence-corrected chi connectivity index (χ4v) is 1.33. The number of nitrogens with zero attached hydrogens (tertiary/aromatic N) is 2. The monoisotopic (exact) mass is 211 g/mol. The third-order valence-electron chi connectivity index (χ3n) is 2.17. The molecule has 0 aliphatic carbocycles. The number of rotatable bonds is 6. The Bertz CT molecular complexity index is 283. The molecule has 15 heavy (non-hydrogen) atoms. The van der Waals surface area contributed by atoms with E-state index in [4.69, 9.17) is 5.11 Å². The van der Waals surface area contributed by atoms with E-state index in [1.165, 1.54) is 0 Å². The molecule has 0 radical (unpaired) electrons. The molecule has 0 aliphatic heterocycles. The first-order valence-corrected chi connectivity index (χ1v) is 5.47. The van der Waals surface area contributed by atoms with Crippen LogP contribution in [-0.2, 0) is 13.1 Å². The van der Waals surface area contributed by atoms with Crippen LogP contribution in [0.5, 0.6) is 0 Å². The molecule has 1 heterocycles. The van der Waals surface area contributed by atoms with Crippen molar-refractivity contribution in [2.24, 2.45) is 5.92 Å². The second-order valence-corrected chi connectivity index (χ2v) is 4.43. The summed E-state index contributed by atoms with van der Waals surface area (Å²) in [7, 11) is 0. The lowest BCUT2D eigenvalue weighted by Gasteiger charge is -2.08. The summed E-state index contributed by atoms with van der Waals surface area (Å²) in [6, 6.07) is 0.137. The minimum absolute atomic E-state index is 0.137. The molecule has 0 saturated heterocycles. The summed E-state index contributed by atoms with van der Waals surface area (Å²) in [6.45, 7) is 8.19. The fourth-order valence-electron chi connectivity index (χ4n) is 1.33. The van der Waals surface area contributed by atoms with Crippen LogP contribution in [0.2, 0.25) is 0 Å². The van der Waals surface area contributed by atoms with E-state index in [0.717, 1.165) is 18.7 Å². The predicted molar refractivity (Wildman–Crippen MR) is 60.5 cm³/mol. The van der Waals surface area contributed by atoms with Crippen LogP contribution in [0.3, 0.4) is 0 Å². The smallest absolute Gasteiger partial charge is 0.0582 e. The SMILES string of the molecule is CC(C)Cn1cc(CN[C@@H](C)CO)cn1. The zero-order valence-electron chi connectivity index (χ0n) is 9.77. The van der Waals surface area contributed by atoms with Crippen molar-refractivity contribution in [3.05, 3.63) is 18.0 Å². The number of aliphatic hydroxyl groups excluding tert-OH is 1. The van der Waals surface area contributed by atoms with Crippen molar-refractivity contribution in [3.63, 3.8) is 0 Å². The summed E-state index contributed by atoms with van der Waals surface area (Å²) in [6.07, 6.45) is 3.93. The predicted octanol–water partition coefficient (Wildman–Crippen LogP) is 1.01. The zero-order chi connectivity index (χ0) is 11.3. The maximum atomic E-state index is 8.85. The van der Waals surface area contributed by atoms with Crippen molar-refractivity contribution in [2.75, 3.05) is 6.61 Å². The first-order chi connectivity index (χ1) is 7.11. The Balaban J connectivity index is 2.39. The van der Waals surface area contributed by atoms with Crippen molar-refractivity contribution < 1.29 is 5.11 Å². The Morgan fingerprint density at radius 3 is 2.80 bits per heavy atom. The lowest BCUT2D eigenvalue weighted by Crippen LogP contribution is -2.28. The van der Waals surface area contributed by atoms with E-state index in [2.05, 4.69) is 30.5 Å². The van der Waals surface area contributed by atoms with Gasteiger partial charge in [0.2, 0.25) is 0 Å². The molecular formula is C11H21N3O. The molecule has 0 aromatic carbocycles. The van der Waals surface area contributed by atoms with E-state index in [1.807, 2.05) is 17.8 Å². The lowest BCUT2D eigenvalue weighted by molar-refractivity contribution is 0.251. The van der Waals surface area contributed by atoms with Gasteiger partial charge in [0.15, 0.2) is 0 Å². The molecule has 2 N–H and O–H groups in total. The highest BCUT2D eigenvalue weighted by Crippen LogP contribution is 2.02. The number of hydrogen-bond acceptors (Lipinski definition) is 3. The number of nitrogens with one attached hydrogen (secondary N) is 1. The van der Waals surface area contributed by atoms with Gasteiger partial charge in [-0.15, -0.1) is 0 Å². The van der Waals surface area contributed by atoms with E-state index >= 15 is 0 Å². The van der Waals surface area contributed by atoms with Gasteiger partial charge < -0.3 is 10.4 Å². The fraction of sp³-hybridized carbons (Fsp3) is 0.727. The number of hydrogen-bond donors (Lipinski definition) is 2. The molecule has 4 nitrogen and oxygen atoms in total. The van der Waals surface area contributed by atoms with Gasteiger partial charge in [0.1, 0.15) is 0 Å². The van der Waals surface area contributed by atoms with Crippen LogP contribution in [0, 0.1) is 5.92 Å². The molecule has 0 saturated carbocycles. The van der Waals surface area contributed by atoms with Gasteiger partial charge in [0, 0.05) is 30.9 Å². The third kappa shape index (κ3) is 4.44. The summed E-state index contributed by atoms with van der Waals surface area (Å²) in [5.74, 6) is 0.613. The van der Waals surface area contributed by atoms with Crippen LogP contribution in [0.15, 0.2) is 12.4 Å². The Morgan fingerprint density at radius 2 is 2.20 bits per heavy atom. The Labute approximate surface area is 91.3 Å². The summed E-state index contributed by atoms with van der Waals surface area (Å²) < 4.78 is 1.96. The molecule has 1 atom stereocenters. The van der Waals surface area contributed by atoms with Crippen LogP contribution < -0.4 is 5.32 Å². The van der Waals surface area contributed by atoms with E-state index in [9.17, 15) is 0 Å². The zero-order valence-corrected chi connectivity index (χ0v) is 9.77. The first kappa shape index (κ1) is 12.2. The standard InChI is InChI=1S/C11H21N3O/c1-9(2)6-14-7-11(5-13-14)4-12-10(3)8-15/h5,7,9-10,12,15H,4,6,8H2,1-3H3/t10-/m0/s1. The highest BCUT2D eigenvalue weighted by atomic mass is 16.3. The van der Waals surface area contributed by atoms with Crippen LogP contribution in [0.25, 0.3) is 0 Å². The quantitative estimate of drug-likeness (QED) is 0.738. The van der Waals surface area contributed by atoms with Crippen LogP contribution in [0.4, 0.5) is 0 Å². The van der Waals surface area contributed by atoms with Gasteiger partial charge in [-0.2, -0.15) is 5.10 Å². The van der Waals surface area contributed by atoms with Gasteiger partial charge in [0.25, 0.3) is 0 Å². The van der Waals surface area contributed by atoms with Gasteiger partial charge in [-0.05, 0) is 12.8 Å². The molecule has 0 fully saturated rings. The normalized spacial score (nSPS) is 13.4. The molecule has 4 heteroatoms. The largest absolute Gasteiger partial charge is 0.395 e. The van der Waals surface area contributed by atoms with Crippen molar-refractivity contribution in [3.8, 4) is 0 Å². The van der Waals surface area contributed by atoms with E-state index in [-0.39, 0.29) is 12.6 Å². The van der Waals surface area contributed by atoms with Crippen LogP contribution in [0.1, 0.15) is 26.3 Å². The van der Waals surface area contributed by atoms with Crippen molar-refractivity contribution in [1.82, 2.24) is 15.1 Å². The Kier molecular flexibility index (Phi) is 4.78. The topological polar surface area (TPSA) is 50.1 Å². The number of aliphatic hydroxyl groups is 1. The third-order valence-corrected chi connectivity index (χ3v) is 2.17. The average molecular weight is 211 g/mol. The van der Waals surface area contributed by atoms with Crippen LogP contribution in [-0.4, -0.2) is 27.5 Å². The molecule has 0 bridgehead atoms. The van der Waals surface area contributed by atoms with Gasteiger partial charge in [-0.3, -0.25) is 4.68 Å². The Morgan fingerprint density at radius 1 is 1.47 bits per heavy atom. The van der Waals surface area contributed by atoms with Crippen molar-refractivity contribution in [1.29, 1.82) is 0 Å². The first-order valence-electron chi connectivity index (χ1n) is 5.47. The number of aromatic nitrogens is 2. The summed E-state index contributed by atoms with van der Waals surface area (Å²) in [4.78, 5) is 0. The van der Waals surface area contributed by atoms with Crippen molar-refractivity contribution >= 4 is 0 Å². The van der Waals surface area contributed by atoms with Crippen molar-refractivity contribution in [2.45, 2.75) is 39.9 Å². The van der Waals surface area contributed by atoms with Gasteiger partial charge in [0.05, 0.1) is 12.8 Å². The Hall–Kier alpha value is -0.870. The summed E-state index contributed by atoms with van der Waals surface area (Å²) in [5, 5.41) is 16.3. The minimum Gasteiger partial charge on any atom is -0.395 e. The molecular weight excluding hydrogens is 190 g/mol. The maximum absolute atomic E-state index is 8.85. The maximum Gasteiger partial charge on any atom is 0.0582 e. The molecule has 1 aromatic rings. The summed E-state index contributed by atoms with van der Waals surface area (Å²) in [5.41, 5.74) is 1.16. The second kappa shape index (κ2) is 5.88. The average Bonchev–Trinajstić information content (AvgIpc) is 2.61. The molecule has 86 valence electrons. The van der Waals surface area contributed by atoms with Gasteiger partial charge in [-0.1, -0.05) is 13.8 Å². The molecule has 1 rings (SSSR count). The molecule has 0 spiro atoms. The lowest BCUT2D eigenvalue weighted by atomic mass is 10.2. The summed E-state index contributed by atoms with van der Waals surface area (Å²) >= 11 is 0. The highest BCUT2D eigenvalue weighted by molar-refractivity contribution is 5.03. The van der Waals surface area contributed by atoms with E-state index < -0.39 is 0 Å². The molecule has 1 aromatic heterocycles. The second-order valence-electron chi connectivity index (χ2n) is 4.43. The minimum atomic E-state index is 0.137. The molecule has 0 amide bonds. The molecule has 0 aliphatic rings. The van der Waals surface area contributed by atoms with E-state index in [1.54, 1.807) is 0 Å². The van der Waals surface area contributed by atoms with Gasteiger partial charge >= 0.3 is 0 Å².